The summed E-state index contributed by atoms with van der Waals surface area (Å²) in [4.78, 5) is 4.21. The van der Waals surface area contributed by atoms with Crippen LogP contribution in [0, 0.1) is 6.92 Å². The van der Waals surface area contributed by atoms with Gasteiger partial charge in [-0.25, -0.2) is 4.98 Å². The molecule has 68 valence electrons. The van der Waals surface area contributed by atoms with Gasteiger partial charge >= 0.3 is 0 Å². The Morgan fingerprint density at radius 1 is 1.46 bits per heavy atom. The third kappa shape index (κ3) is 1.42. The van der Waals surface area contributed by atoms with Crippen molar-refractivity contribution in [3.8, 4) is 5.75 Å². The number of rotatable bonds is 1. The van der Waals surface area contributed by atoms with Crippen LogP contribution in [0.1, 0.15) is 5.89 Å². The smallest absolute Gasteiger partial charge is 0.192 e. The molecule has 3 nitrogen and oxygen atoms in total. The number of nitrogens with zero attached hydrogens (tertiary/aromatic N) is 1. The highest BCUT2D eigenvalue weighted by Gasteiger charge is 2.08. The molecule has 1 aromatic heterocycles. The first-order valence-corrected chi connectivity index (χ1v) is 4.60. The van der Waals surface area contributed by atoms with Gasteiger partial charge in [0.1, 0.15) is 11.3 Å². The second kappa shape index (κ2) is 3.03. The molecule has 0 N–H and O–H groups in total. The zero-order valence-corrected chi connectivity index (χ0v) is 8.88. The molecule has 0 saturated heterocycles. The first-order chi connectivity index (χ1) is 6.20. The van der Waals surface area contributed by atoms with Gasteiger partial charge < -0.3 is 9.15 Å². The average Bonchev–Trinajstić information content (AvgIpc) is 2.46. The molecule has 13 heavy (non-hydrogen) atoms. The van der Waals surface area contributed by atoms with Crippen molar-refractivity contribution in [1.82, 2.24) is 4.98 Å². The molecule has 0 spiro atoms. The van der Waals surface area contributed by atoms with Crippen LogP contribution < -0.4 is 4.74 Å². The van der Waals surface area contributed by atoms with Crippen molar-refractivity contribution < 1.29 is 9.15 Å². The van der Waals surface area contributed by atoms with E-state index in [1.807, 2.05) is 19.1 Å². The maximum Gasteiger partial charge on any atom is 0.192 e. The third-order valence-corrected chi connectivity index (χ3v) is 2.35. The first kappa shape index (κ1) is 8.56. The standard InChI is InChI=1S/C9H8BrNO2/c1-5-11-8-4-6(12-2)3-7(10)9(8)13-5/h3-4H,1-2H3. The summed E-state index contributed by atoms with van der Waals surface area (Å²) in [5, 5.41) is 0. The molecule has 0 fully saturated rings. The van der Waals surface area contributed by atoms with Gasteiger partial charge in [-0.1, -0.05) is 0 Å². The number of hydrogen-bond donors (Lipinski definition) is 0. The topological polar surface area (TPSA) is 35.3 Å². The molecule has 1 heterocycles. The Labute approximate surface area is 83.8 Å². The van der Waals surface area contributed by atoms with Gasteiger partial charge in [0.2, 0.25) is 0 Å². The molecule has 0 radical (unpaired) electrons. The number of benzene rings is 1. The van der Waals surface area contributed by atoms with Crippen LogP contribution in [0.25, 0.3) is 11.1 Å². The minimum atomic E-state index is 0.656. The van der Waals surface area contributed by atoms with Gasteiger partial charge in [-0.3, -0.25) is 0 Å². The summed E-state index contributed by atoms with van der Waals surface area (Å²) < 4.78 is 11.3. The van der Waals surface area contributed by atoms with Crippen LogP contribution in [0.5, 0.6) is 5.75 Å². The Morgan fingerprint density at radius 2 is 2.23 bits per heavy atom. The SMILES string of the molecule is COc1cc(Br)c2oc(C)nc2c1. The first-order valence-electron chi connectivity index (χ1n) is 3.81. The summed E-state index contributed by atoms with van der Waals surface area (Å²) in [7, 11) is 1.63. The number of oxazole rings is 1. The Hall–Kier alpha value is -1.03. The summed E-state index contributed by atoms with van der Waals surface area (Å²) in [6.45, 7) is 1.82. The maximum absolute atomic E-state index is 5.38. The number of hydrogen-bond acceptors (Lipinski definition) is 3. The molecular formula is C9H8BrNO2. The molecule has 2 aromatic rings. The van der Waals surface area contributed by atoms with Crippen molar-refractivity contribution in [1.29, 1.82) is 0 Å². The van der Waals surface area contributed by atoms with Crippen LogP contribution >= 0.6 is 15.9 Å². The number of aryl methyl sites for hydroxylation is 1. The molecule has 4 heteroatoms. The number of aromatic nitrogens is 1. The molecule has 0 atom stereocenters. The Morgan fingerprint density at radius 3 is 2.92 bits per heavy atom. The lowest BCUT2D eigenvalue weighted by Gasteiger charge is -1.98. The number of methoxy groups -OCH3 is 1. The van der Waals surface area contributed by atoms with Crippen LogP contribution in [0.2, 0.25) is 0 Å². The minimum absolute atomic E-state index is 0.656. The molecule has 2 rings (SSSR count). The zero-order valence-electron chi connectivity index (χ0n) is 7.30. The van der Waals surface area contributed by atoms with E-state index >= 15 is 0 Å². The number of ether oxygens (including phenoxy) is 1. The van der Waals surface area contributed by atoms with Crippen LogP contribution in [0.15, 0.2) is 21.0 Å². The van der Waals surface area contributed by atoms with Crippen molar-refractivity contribution in [2.45, 2.75) is 6.92 Å². The van der Waals surface area contributed by atoms with E-state index in [-0.39, 0.29) is 0 Å². The van der Waals surface area contributed by atoms with Gasteiger partial charge in [0.05, 0.1) is 11.6 Å². The van der Waals surface area contributed by atoms with E-state index in [0.29, 0.717) is 5.89 Å². The van der Waals surface area contributed by atoms with Gasteiger partial charge in [0.15, 0.2) is 11.5 Å². The van der Waals surface area contributed by atoms with E-state index in [1.54, 1.807) is 7.11 Å². The molecule has 0 aliphatic carbocycles. The average molecular weight is 242 g/mol. The summed E-state index contributed by atoms with van der Waals surface area (Å²) in [6.07, 6.45) is 0. The third-order valence-electron chi connectivity index (χ3n) is 1.76. The number of halogens is 1. The van der Waals surface area contributed by atoms with Crippen LogP contribution in [-0.4, -0.2) is 12.1 Å². The van der Waals surface area contributed by atoms with E-state index in [0.717, 1.165) is 21.3 Å². The Kier molecular flexibility index (Phi) is 2.00. The van der Waals surface area contributed by atoms with Crippen LogP contribution in [-0.2, 0) is 0 Å². The normalized spacial score (nSPS) is 10.7. The summed E-state index contributed by atoms with van der Waals surface area (Å²) >= 11 is 3.39. The van der Waals surface area contributed by atoms with E-state index in [2.05, 4.69) is 20.9 Å². The Balaban J connectivity index is 2.75. The fourth-order valence-electron chi connectivity index (χ4n) is 1.20. The lowest BCUT2D eigenvalue weighted by Crippen LogP contribution is -1.82. The molecule has 0 aliphatic heterocycles. The maximum atomic E-state index is 5.38. The van der Waals surface area contributed by atoms with E-state index in [9.17, 15) is 0 Å². The van der Waals surface area contributed by atoms with Crippen molar-refractivity contribution in [3.63, 3.8) is 0 Å². The minimum Gasteiger partial charge on any atom is -0.497 e. The summed E-state index contributed by atoms with van der Waals surface area (Å²) in [5.74, 6) is 1.43. The predicted molar refractivity (Wildman–Crippen MR) is 53.0 cm³/mol. The molecular weight excluding hydrogens is 234 g/mol. The fourth-order valence-corrected chi connectivity index (χ4v) is 1.71. The van der Waals surface area contributed by atoms with Gasteiger partial charge in [-0.2, -0.15) is 0 Å². The molecule has 1 aromatic carbocycles. The lowest BCUT2D eigenvalue weighted by atomic mass is 10.3. The van der Waals surface area contributed by atoms with Gasteiger partial charge in [-0.15, -0.1) is 0 Å². The molecule has 0 aliphatic rings. The van der Waals surface area contributed by atoms with Gasteiger partial charge in [-0.05, 0) is 22.0 Å². The lowest BCUT2D eigenvalue weighted by molar-refractivity contribution is 0.415. The molecule has 0 bridgehead atoms. The van der Waals surface area contributed by atoms with Crippen molar-refractivity contribution >= 4 is 27.0 Å². The second-order valence-electron chi connectivity index (χ2n) is 2.69. The molecule has 0 amide bonds. The fraction of sp³-hybridized carbons (Fsp3) is 0.222. The zero-order chi connectivity index (χ0) is 9.42. The quantitative estimate of drug-likeness (QED) is 0.771. The highest BCUT2D eigenvalue weighted by atomic mass is 79.9. The van der Waals surface area contributed by atoms with Gasteiger partial charge in [0, 0.05) is 13.0 Å². The molecule has 0 unspecified atom stereocenters. The monoisotopic (exact) mass is 241 g/mol. The second-order valence-corrected chi connectivity index (χ2v) is 3.54. The van der Waals surface area contributed by atoms with E-state index in [1.165, 1.54) is 0 Å². The van der Waals surface area contributed by atoms with Crippen molar-refractivity contribution in [3.05, 3.63) is 22.5 Å². The summed E-state index contributed by atoms with van der Waals surface area (Å²) in [6, 6.07) is 3.70. The van der Waals surface area contributed by atoms with Crippen molar-refractivity contribution in [2.75, 3.05) is 7.11 Å². The highest BCUT2D eigenvalue weighted by Crippen LogP contribution is 2.29. The highest BCUT2D eigenvalue weighted by molar-refractivity contribution is 9.10. The predicted octanol–water partition coefficient (Wildman–Crippen LogP) is 2.91. The summed E-state index contributed by atoms with van der Waals surface area (Å²) in [5.41, 5.74) is 1.57. The van der Waals surface area contributed by atoms with Crippen LogP contribution in [0.3, 0.4) is 0 Å². The van der Waals surface area contributed by atoms with Crippen LogP contribution in [0.4, 0.5) is 0 Å². The van der Waals surface area contributed by atoms with E-state index in [4.69, 9.17) is 9.15 Å². The van der Waals surface area contributed by atoms with Crippen molar-refractivity contribution in [2.24, 2.45) is 0 Å². The van der Waals surface area contributed by atoms with Gasteiger partial charge in [0.25, 0.3) is 0 Å². The largest absolute Gasteiger partial charge is 0.497 e. The Bertz CT molecular complexity index is 450. The number of fused-ring (bicyclic) bond motifs is 1. The molecule has 0 saturated carbocycles. The van der Waals surface area contributed by atoms with E-state index < -0.39 is 0 Å².